The van der Waals surface area contributed by atoms with Gasteiger partial charge in [-0.25, -0.2) is 9.78 Å². The van der Waals surface area contributed by atoms with E-state index in [1.807, 2.05) is 25.1 Å². The summed E-state index contributed by atoms with van der Waals surface area (Å²) < 4.78 is 43.8. The Morgan fingerprint density at radius 1 is 1.10 bits per heavy atom. The molecule has 2 N–H and O–H groups in total. The Hall–Kier alpha value is -3.38. The van der Waals surface area contributed by atoms with Gasteiger partial charge in [-0.1, -0.05) is 6.07 Å². The zero-order valence-electron chi connectivity index (χ0n) is 21.7. The minimum absolute atomic E-state index is 0.0659. The summed E-state index contributed by atoms with van der Waals surface area (Å²) in [7, 11) is 0. The first-order valence-electron chi connectivity index (χ1n) is 13.2. The van der Waals surface area contributed by atoms with Crippen LogP contribution in [-0.4, -0.2) is 85.1 Å². The number of likely N-dealkylation sites (tertiary alicyclic amines) is 1. The van der Waals surface area contributed by atoms with Crippen molar-refractivity contribution in [1.82, 2.24) is 9.88 Å². The number of ether oxygens (including phenoxy) is 1. The number of hydrogen-bond donors (Lipinski definition) is 2. The molecule has 3 aliphatic rings. The third kappa shape index (κ3) is 6.27. The van der Waals surface area contributed by atoms with Gasteiger partial charge >= 0.3 is 12.2 Å². The van der Waals surface area contributed by atoms with Gasteiger partial charge in [0.2, 0.25) is 0 Å². The summed E-state index contributed by atoms with van der Waals surface area (Å²) in [5.74, 6) is 0.142. The number of aliphatic hydroxyl groups is 1. The van der Waals surface area contributed by atoms with E-state index >= 15 is 0 Å². The molecular formula is C27H32F3N5O4. The van der Waals surface area contributed by atoms with Gasteiger partial charge in [-0.2, -0.15) is 13.2 Å². The van der Waals surface area contributed by atoms with E-state index in [1.165, 1.54) is 9.80 Å². The largest absolute Gasteiger partial charge is 0.389 e. The number of nitrogens with one attached hydrogen (secondary N) is 1. The van der Waals surface area contributed by atoms with Crippen LogP contribution in [0, 0.1) is 12.8 Å². The number of carbonyl (C=O) groups excluding carboxylic acids is 2. The Morgan fingerprint density at radius 3 is 2.54 bits per heavy atom. The van der Waals surface area contributed by atoms with Gasteiger partial charge in [-0.3, -0.25) is 9.69 Å². The standard InChI is InChI=1S/C27H32F3N5O4/c1-17-2-3-20(31-26(38)34-6-4-18(16-34)15-27(28,29)30)14-21(17)19-12-23(33-8-10-39-11-9-33)32-24(13-19)35-7-5-22(36)25(35)37/h2-3,12-14,18,22,36H,4-11,15-16H2,1H3,(H,31,38)/t18-,22?/m0/s1. The zero-order chi connectivity index (χ0) is 27.7. The summed E-state index contributed by atoms with van der Waals surface area (Å²) in [5.41, 5.74) is 3.04. The first-order valence-corrected chi connectivity index (χ1v) is 13.2. The molecule has 3 saturated heterocycles. The van der Waals surface area contributed by atoms with E-state index in [-0.39, 0.29) is 19.0 Å². The minimum atomic E-state index is -4.25. The monoisotopic (exact) mass is 547 g/mol. The lowest BCUT2D eigenvalue weighted by Gasteiger charge is -2.29. The fourth-order valence-corrected chi connectivity index (χ4v) is 5.37. The van der Waals surface area contributed by atoms with Crippen molar-refractivity contribution in [3.05, 3.63) is 35.9 Å². The number of anilines is 3. The number of amides is 3. The number of aliphatic hydroxyl groups excluding tert-OH is 1. The molecule has 0 spiro atoms. The van der Waals surface area contributed by atoms with Crippen LogP contribution < -0.4 is 15.1 Å². The number of aryl methyl sites for hydroxylation is 1. The molecule has 2 aromatic rings. The number of nitrogens with zero attached hydrogens (tertiary/aromatic N) is 4. The van der Waals surface area contributed by atoms with Crippen molar-refractivity contribution in [2.75, 3.05) is 61.1 Å². The van der Waals surface area contributed by atoms with Gasteiger partial charge in [-0.15, -0.1) is 0 Å². The highest BCUT2D eigenvalue weighted by molar-refractivity contribution is 5.98. The van der Waals surface area contributed by atoms with E-state index < -0.39 is 30.7 Å². The number of morpholine rings is 1. The van der Waals surface area contributed by atoms with Crippen LogP contribution in [-0.2, 0) is 9.53 Å². The van der Waals surface area contributed by atoms with Crippen LogP contribution in [0.25, 0.3) is 11.1 Å². The van der Waals surface area contributed by atoms with Gasteiger partial charge in [-0.05, 0) is 60.2 Å². The molecule has 210 valence electrons. The van der Waals surface area contributed by atoms with E-state index in [2.05, 4.69) is 10.2 Å². The maximum atomic E-state index is 12.9. The molecule has 3 aliphatic heterocycles. The lowest BCUT2D eigenvalue weighted by molar-refractivity contribution is -0.143. The van der Waals surface area contributed by atoms with Crippen LogP contribution in [0.3, 0.4) is 0 Å². The summed E-state index contributed by atoms with van der Waals surface area (Å²) in [4.78, 5) is 35.2. The molecule has 3 fully saturated rings. The molecule has 5 rings (SSSR count). The van der Waals surface area contributed by atoms with Gasteiger partial charge in [0.05, 0.1) is 13.2 Å². The molecule has 0 saturated carbocycles. The van der Waals surface area contributed by atoms with Crippen molar-refractivity contribution in [3.8, 4) is 11.1 Å². The van der Waals surface area contributed by atoms with Gasteiger partial charge in [0, 0.05) is 51.3 Å². The number of rotatable bonds is 5. The molecule has 0 aliphatic carbocycles. The molecule has 4 heterocycles. The third-order valence-electron chi connectivity index (χ3n) is 7.48. The van der Waals surface area contributed by atoms with Crippen molar-refractivity contribution in [1.29, 1.82) is 0 Å². The lowest BCUT2D eigenvalue weighted by atomic mass is 10.00. The van der Waals surface area contributed by atoms with Gasteiger partial charge in [0.15, 0.2) is 0 Å². The van der Waals surface area contributed by atoms with Crippen LogP contribution in [0.2, 0.25) is 0 Å². The molecule has 2 atom stereocenters. The molecule has 9 nitrogen and oxygen atoms in total. The fraction of sp³-hybridized carbons (Fsp3) is 0.519. The Bertz CT molecular complexity index is 1230. The average molecular weight is 548 g/mol. The van der Waals surface area contributed by atoms with Gasteiger partial charge in [0.25, 0.3) is 5.91 Å². The lowest BCUT2D eigenvalue weighted by Crippen LogP contribution is -2.37. The topological polar surface area (TPSA) is 98.2 Å². The number of aromatic nitrogens is 1. The van der Waals surface area contributed by atoms with Crippen molar-refractivity contribution in [2.45, 2.75) is 38.5 Å². The molecule has 0 radical (unpaired) electrons. The zero-order valence-corrected chi connectivity index (χ0v) is 21.7. The van der Waals surface area contributed by atoms with E-state index in [4.69, 9.17) is 9.72 Å². The number of benzene rings is 1. The molecule has 12 heteroatoms. The average Bonchev–Trinajstić information content (AvgIpc) is 3.50. The molecule has 1 unspecified atom stereocenters. The summed E-state index contributed by atoms with van der Waals surface area (Å²) in [6.45, 7) is 5.04. The summed E-state index contributed by atoms with van der Waals surface area (Å²) in [5, 5.41) is 12.8. The number of hydrogen-bond acceptors (Lipinski definition) is 6. The van der Waals surface area contributed by atoms with Crippen molar-refractivity contribution in [3.63, 3.8) is 0 Å². The first-order chi connectivity index (χ1) is 18.6. The highest BCUT2D eigenvalue weighted by atomic mass is 19.4. The molecule has 1 aromatic carbocycles. The third-order valence-corrected chi connectivity index (χ3v) is 7.48. The highest BCUT2D eigenvalue weighted by Crippen LogP contribution is 2.34. The van der Waals surface area contributed by atoms with Crippen molar-refractivity contribution in [2.24, 2.45) is 5.92 Å². The maximum absolute atomic E-state index is 12.9. The van der Waals surface area contributed by atoms with Crippen LogP contribution in [0.5, 0.6) is 0 Å². The first kappa shape index (κ1) is 27.2. The predicted molar refractivity (Wildman–Crippen MR) is 140 cm³/mol. The smallest absolute Gasteiger partial charge is 0.383 e. The van der Waals surface area contributed by atoms with Gasteiger partial charge in [0.1, 0.15) is 17.7 Å². The molecule has 0 bridgehead atoms. The van der Waals surface area contributed by atoms with Crippen LogP contribution >= 0.6 is 0 Å². The number of alkyl halides is 3. The number of halogens is 3. The van der Waals surface area contributed by atoms with Gasteiger partial charge < -0.3 is 25.0 Å². The quantitative estimate of drug-likeness (QED) is 0.591. The highest BCUT2D eigenvalue weighted by Gasteiger charge is 2.36. The number of carbonyl (C=O) groups is 2. The van der Waals surface area contributed by atoms with E-state index in [9.17, 15) is 27.9 Å². The SMILES string of the molecule is Cc1ccc(NC(=O)N2CC[C@@H](CC(F)(F)F)C2)cc1-c1cc(N2CCOCC2)nc(N2CCC(O)C2=O)c1. The summed E-state index contributed by atoms with van der Waals surface area (Å²) in [6.07, 6.45) is -5.54. The van der Waals surface area contributed by atoms with E-state index in [0.717, 1.165) is 16.7 Å². The summed E-state index contributed by atoms with van der Waals surface area (Å²) >= 11 is 0. The van der Waals surface area contributed by atoms with Crippen molar-refractivity contribution < 1.29 is 32.6 Å². The maximum Gasteiger partial charge on any atom is 0.389 e. The molecule has 3 amide bonds. The van der Waals surface area contributed by atoms with Crippen molar-refractivity contribution >= 4 is 29.3 Å². The Labute approximate surface area is 224 Å². The van der Waals surface area contributed by atoms with Crippen LogP contribution in [0.1, 0.15) is 24.8 Å². The minimum Gasteiger partial charge on any atom is -0.383 e. The number of pyridine rings is 1. The predicted octanol–water partition coefficient (Wildman–Crippen LogP) is 3.80. The molecular weight excluding hydrogens is 515 g/mol. The second-order valence-corrected chi connectivity index (χ2v) is 10.3. The number of urea groups is 1. The molecule has 1 aromatic heterocycles. The second-order valence-electron chi connectivity index (χ2n) is 10.3. The van der Waals surface area contributed by atoms with E-state index in [0.29, 0.717) is 63.0 Å². The molecule has 39 heavy (non-hydrogen) atoms. The second kappa shape index (κ2) is 11.0. The van der Waals surface area contributed by atoms with Crippen LogP contribution in [0.15, 0.2) is 30.3 Å². The van der Waals surface area contributed by atoms with Crippen LogP contribution in [0.4, 0.5) is 35.3 Å². The Morgan fingerprint density at radius 2 is 1.85 bits per heavy atom. The normalized spacial score (nSPS) is 22.1. The summed E-state index contributed by atoms with van der Waals surface area (Å²) in [6, 6.07) is 8.74. The Balaban J connectivity index is 1.40. The fourth-order valence-electron chi connectivity index (χ4n) is 5.37. The van der Waals surface area contributed by atoms with E-state index in [1.54, 1.807) is 12.1 Å². The Kier molecular flexibility index (Phi) is 7.68.